The average Bonchev–Trinajstić information content (AvgIpc) is 2.27. The Kier molecular flexibility index (Phi) is 5.55. The second-order valence-corrected chi connectivity index (χ2v) is 6.66. The van der Waals surface area contributed by atoms with Crippen LogP contribution >= 0.6 is 0 Å². The van der Waals surface area contributed by atoms with Crippen molar-refractivity contribution < 1.29 is 13.2 Å². The number of nitrogens with zero attached hydrogens (tertiary/aromatic N) is 1. The van der Waals surface area contributed by atoms with Gasteiger partial charge in [0.1, 0.15) is 0 Å². The molecule has 7 heteroatoms. The summed E-state index contributed by atoms with van der Waals surface area (Å²) >= 11 is 0. The van der Waals surface area contributed by atoms with Crippen LogP contribution in [-0.4, -0.2) is 50.7 Å². The molecule has 0 aliphatic carbocycles. The first-order valence-corrected chi connectivity index (χ1v) is 8.24. The SMILES string of the molecule is CCCC(N)C(=O)N1CCC(NS(C)(=O)=O)CC1. The van der Waals surface area contributed by atoms with Crippen molar-refractivity contribution in [2.24, 2.45) is 5.73 Å². The van der Waals surface area contributed by atoms with Crippen LogP contribution in [0.5, 0.6) is 0 Å². The van der Waals surface area contributed by atoms with Gasteiger partial charge in [-0.2, -0.15) is 0 Å². The number of piperidine rings is 1. The second-order valence-electron chi connectivity index (χ2n) is 4.88. The van der Waals surface area contributed by atoms with Crippen LogP contribution in [-0.2, 0) is 14.8 Å². The summed E-state index contributed by atoms with van der Waals surface area (Å²) in [4.78, 5) is 13.7. The molecule has 0 bridgehead atoms. The van der Waals surface area contributed by atoms with Crippen molar-refractivity contribution in [3.8, 4) is 0 Å². The molecule has 1 saturated heterocycles. The maximum absolute atomic E-state index is 11.9. The Hall–Kier alpha value is -0.660. The quantitative estimate of drug-likeness (QED) is 0.718. The van der Waals surface area contributed by atoms with Gasteiger partial charge in [-0.25, -0.2) is 13.1 Å². The first-order valence-electron chi connectivity index (χ1n) is 6.35. The van der Waals surface area contributed by atoms with Crippen molar-refractivity contribution in [1.29, 1.82) is 0 Å². The number of nitrogens with two attached hydrogens (primary N) is 1. The Balaban J connectivity index is 2.42. The van der Waals surface area contributed by atoms with E-state index in [9.17, 15) is 13.2 Å². The molecule has 1 aliphatic heterocycles. The molecule has 6 nitrogen and oxygen atoms in total. The Morgan fingerprint density at radius 1 is 1.44 bits per heavy atom. The average molecular weight is 277 g/mol. The molecule has 1 rings (SSSR count). The highest BCUT2D eigenvalue weighted by Crippen LogP contribution is 2.12. The van der Waals surface area contributed by atoms with Gasteiger partial charge in [-0.05, 0) is 19.3 Å². The molecule has 1 aliphatic rings. The molecule has 0 saturated carbocycles. The van der Waals surface area contributed by atoms with Crippen LogP contribution in [0.2, 0.25) is 0 Å². The topological polar surface area (TPSA) is 92.5 Å². The van der Waals surface area contributed by atoms with E-state index < -0.39 is 16.1 Å². The summed E-state index contributed by atoms with van der Waals surface area (Å²) in [5.41, 5.74) is 5.79. The van der Waals surface area contributed by atoms with Gasteiger partial charge in [0, 0.05) is 19.1 Å². The van der Waals surface area contributed by atoms with Crippen LogP contribution in [0, 0.1) is 0 Å². The monoisotopic (exact) mass is 277 g/mol. The minimum Gasteiger partial charge on any atom is -0.341 e. The molecular formula is C11H23N3O3S. The van der Waals surface area contributed by atoms with Gasteiger partial charge in [0.25, 0.3) is 0 Å². The Bertz CT molecular complexity index is 375. The van der Waals surface area contributed by atoms with Crippen LogP contribution < -0.4 is 10.5 Å². The van der Waals surface area contributed by atoms with Crippen LogP contribution in [0.15, 0.2) is 0 Å². The van der Waals surface area contributed by atoms with E-state index in [-0.39, 0.29) is 11.9 Å². The number of hydrogen-bond donors (Lipinski definition) is 2. The predicted molar refractivity (Wildman–Crippen MR) is 70.5 cm³/mol. The van der Waals surface area contributed by atoms with Crippen LogP contribution in [0.4, 0.5) is 0 Å². The summed E-state index contributed by atoms with van der Waals surface area (Å²) < 4.78 is 24.8. The van der Waals surface area contributed by atoms with E-state index in [1.165, 1.54) is 0 Å². The summed E-state index contributed by atoms with van der Waals surface area (Å²) in [6.45, 7) is 3.14. The van der Waals surface area contributed by atoms with Gasteiger partial charge in [0.05, 0.1) is 12.3 Å². The maximum Gasteiger partial charge on any atom is 0.239 e. The summed E-state index contributed by atoms with van der Waals surface area (Å²) in [6, 6.07) is -0.485. The summed E-state index contributed by atoms with van der Waals surface area (Å²) in [5.74, 6) is -0.0188. The standard InChI is InChI=1S/C11H23N3O3S/c1-3-4-10(12)11(15)14-7-5-9(6-8-14)13-18(2,16)17/h9-10,13H,3-8,12H2,1-2H3. The van der Waals surface area contributed by atoms with E-state index in [1.54, 1.807) is 4.90 Å². The largest absolute Gasteiger partial charge is 0.341 e. The first kappa shape index (κ1) is 15.4. The third-order valence-corrected chi connectivity index (χ3v) is 3.87. The van der Waals surface area contributed by atoms with E-state index in [0.717, 1.165) is 12.7 Å². The van der Waals surface area contributed by atoms with Crippen molar-refractivity contribution in [1.82, 2.24) is 9.62 Å². The van der Waals surface area contributed by atoms with Crippen LogP contribution in [0.1, 0.15) is 32.6 Å². The van der Waals surface area contributed by atoms with Gasteiger partial charge < -0.3 is 10.6 Å². The molecule has 1 fully saturated rings. The van der Waals surface area contributed by atoms with Crippen molar-refractivity contribution in [3.05, 3.63) is 0 Å². The van der Waals surface area contributed by atoms with Gasteiger partial charge >= 0.3 is 0 Å². The number of nitrogens with one attached hydrogen (secondary N) is 1. The number of carbonyl (C=O) groups excluding carboxylic acids is 1. The number of amides is 1. The lowest BCUT2D eigenvalue weighted by atomic mass is 10.0. The highest BCUT2D eigenvalue weighted by atomic mass is 32.2. The zero-order valence-electron chi connectivity index (χ0n) is 11.1. The summed E-state index contributed by atoms with van der Waals surface area (Å²) in [7, 11) is -3.16. The van der Waals surface area contributed by atoms with E-state index in [2.05, 4.69) is 4.72 Å². The zero-order valence-corrected chi connectivity index (χ0v) is 11.9. The third kappa shape index (κ3) is 4.91. The molecular weight excluding hydrogens is 254 g/mol. The predicted octanol–water partition coefficient (Wildman–Crippen LogP) is -0.346. The Morgan fingerprint density at radius 3 is 2.44 bits per heavy atom. The molecule has 0 spiro atoms. The minimum atomic E-state index is -3.16. The number of rotatable bonds is 5. The molecule has 0 aromatic heterocycles. The van der Waals surface area contributed by atoms with Gasteiger partial charge in [0.15, 0.2) is 0 Å². The molecule has 0 aromatic rings. The molecule has 0 radical (unpaired) electrons. The van der Waals surface area contributed by atoms with Gasteiger partial charge in [-0.3, -0.25) is 4.79 Å². The number of likely N-dealkylation sites (tertiary alicyclic amines) is 1. The number of carbonyl (C=O) groups is 1. The molecule has 3 N–H and O–H groups in total. The third-order valence-electron chi connectivity index (χ3n) is 3.10. The second kappa shape index (κ2) is 6.49. The van der Waals surface area contributed by atoms with Crippen LogP contribution in [0.3, 0.4) is 0 Å². The molecule has 0 aromatic carbocycles. The lowest BCUT2D eigenvalue weighted by molar-refractivity contribution is -0.133. The highest BCUT2D eigenvalue weighted by molar-refractivity contribution is 7.88. The van der Waals surface area contributed by atoms with Gasteiger partial charge in [0.2, 0.25) is 15.9 Å². The van der Waals surface area contributed by atoms with Crippen LogP contribution in [0.25, 0.3) is 0 Å². The van der Waals surface area contributed by atoms with Crippen molar-refractivity contribution >= 4 is 15.9 Å². The smallest absolute Gasteiger partial charge is 0.239 e. The van der Waals surface area contributed by atoms with E-state index >= 15 is 0 Å². The number of sulfonamides is 1. The molecule has 106 valence electrons. The highest BCUT2D eigenvalue weighted by Gasteiger charge is 2.26. The molecule has 1 heterocycles. The van der Waals surface area contributed by atoms with Gasteiger partial charge in [-0.15, -0.1) is 0 Å². The van der Waals surface area contributed by atoms with Crippen molar-refractivity contribution in [2.75, 3.05) is 19.3 Å². The van der Waals surface area contributed by atoms with E-state index in [0.29, 0.717) is 32.4 Å². The fourth-order valence-electron chi connectivity index (χ4n) is 2.19. The molecule has 1 atom stereocenters. The first-order chi connectivity index (χ1) is 8.33. The fraction of sp³-hybridized carbons (Fsp3) is 0.909. The molecule has 1 unspecified atom stereocenters. The number of hydrogen-bond acceptors (Lipinski definition) is 4. The minimum absolute atomic E-state index is 0.0188. The molecule has 1 amide bonds. The molecule has 18 heavy (non-hydrogen) atoms. The van der Waals surface area contributed by atoms with E-state index in [4.69, 9.17) is 5.73 Å². The summed E-state index contributed by atoms with van der Waals surface area (Å²) in [6.07, 6.45) is 4.04. The Labute approximate surface area is 109 Å². The van der Waals surface area contributed by atoms with E-state index in [1.807, 2.05) is 6.92 Å². The fourth-order valence-corrected chi connectivity index (χ4v) is 3.03. The summed E-state index contributed by atoms with van der Waals surface area (Å²) in [5, 5.41) is 0. The maximum atomic E-state index is 11.9. The van der Waals surface area contributed by atoms with Gasteiger partial charge in [-0.1, -0.05) is 13.3 Å². The van der Waals surface area contributed by atoms with Crippen molar-refractivity contribution in [3.63, 3.8) is 0 Å². The normalized spacial score (nSPS) is 19.8. The Morgan fingerprint density at radius 2 is 2.00 bits per heavy atom. The zero-order chi connectivity index (χ0) is 13.8. The van der Waals surface area contributed by atoms with Crippen molar-refractivity contribution in [2.45, 2.75) is 44.7 Å². The lowest BCUT2D eigenvalue weighted by Crippen LogP contribution is -2.50. The lowest BCUT2D eigenvalue weighted by Gasteiger charge is -2.33.